The molecular weight excluding hydrogens is 446 g/mol. The fourth-order valence-electron chi connectivity index (χ4n) is 3.47. The molecule has 0 saturated heterocycles. The van der Waals surface area contributed by atoms with Gasteiger partial charge in [-0.3, -0.25) is 9.59 Å². The molecule has 2 aromatic rings. The van der Waals surface area contributed by atoms with Gasteiger partial charge in [-0.25, -0.2) is 4.79 Å². The largest absolute Gasteiger partial charge is 0.508 e. The molecule has 4 N–H and O–H groups in total. The van der Waals surface area contributed by atoms with Gasteiger partial charge in [0.05, 0.1) is 0 Å². The van der Waals surface area contributed by atoms with Crippen LogP contribution in [0.1, 0.15) is 50.8 Å². The van der Waals surface area contributed by atoms with Crippen LogP contribution in [0.3, 0.4) is 0 Å². The molecular formula is C27H37N3O5. The van der Waals surface area contributed by atoms with Gasteiger partial charge in [0.1, 0.15) is 23.4 Å². The molecule has 0 aliphatic rings. The van der Waals surface area contributed by atoms with Crippen LogP contribution in [0.15, 0.2) is 48.5 Å². The van der Waals surface area contributed by atoms with Crippen LogP contribution in [0.4, 0.5) is 4.79 Å². The van der Waals surface area contributed by atoms with Gasteiger partial charge in [0, 0.05) is 13.0 Å². The minimum atomic E-state index is -0.971. The van der Waals surface area contributed by atoms with Crippen LogP contribution >= 0.6 is 0 Å². The normalized spacial score (nSPS) is 12.8. The third kappa shape index (κ3) is 10.1. The highest BCUT2D eigenvalue weighted by Gasteiger charge is 2.27. The number of carbonyl (C=O) groups excluding carboxylic acids is 3. The fraction of sp³-hybridized carbons (Fsp3) is 0.444. The van der Waals surface area contributed by atoms with Crippen molar-refractivity contribution in [3.8, 4) is 5.75 Å². The van der Waals surface area contributed by atoms with Crippen molar-refractivity contribution in [3.05, 3.63) is 65.2 Å². The van der Waals surface area contributed by atoms with E-state index in [1.807, 2.05) is 37.3 Å². The highest BCUT2D eigenvalue weighted by atomic mass is 16.6. The summed E-state index contributed by atoms with van der Waals surface area (Å²) >= 11 is 0. The number of ether oxygens (including phenoxy) is 1. The summed E-state index contributed by atoms with van der Waals surface area (Å²) < 4.78 is 5.31. The first-order valence-electron chi connectivity index (χ1n) is 11.8. The number of nitrogens with one attached hydrogen (secondary N) is 3. The van der Waals surface area contributed by atoms with E-state index in [9.17, 15) is 19.5 Å². The molecule has 2 rings (SSSR count). The molecule has 0 bridgehead atoms. The molecule has 0 aliphatic heterocycles. The van der Waals surface area contributed by atoms with Crippen molar-refractivity contribution in [2.45, 2.75) is 71.6 Å². The molecule has 2 atom stereocenters. The van der Waals surface area contributed by atoms with E-state index in [4.69, 9.17) is 4.74 Å². The average molecular weight is 484 g/mol. The topological polar surface area (TPSA) is 117 Å². The molecule has 0 aliphatic carbocycles. The highest BCUT2D eigenvalue weighted by Crippen LogP contribution is 2.17. The van der Waals surface area contributed by atoms with Crippen molar-refractivity contribution < 1.29 is 24.2 Å². The Balaban J connectivity index is 1.97. The summed E-state index contributed by atoms with van der Waals surface area (Å²) in [6.45, 7) is 9.09. The number of hydrogen-bond donors (Lipinski definition) is 4. The molecule has 0 heterocycles. The molecule has 3 amide bonds. The van der Waals surface area contributed by atoms with Gasteiger partial charge in [-0.1, -0.05) is 36.4 Å². The Bertz CT molecular complexity index is 1000. The van der Waals surface area contributed by atoms with Gasteiger partial charge in [-0.05, 0) is 76.3 Å². The Morgan fingerprint density at radius 3 is 2.31 bits per heavy atom. The molecule has 1 unspecified atom stereocenters. The Morgan fingerprint density at radius 1 is 1.00 bits per heavy atom. The second-order valence-electron chi connectivity index (χ2n) is 9.62. The number of alkyl carbamates (subject to hydrolysis) is 1. The summed E-state index contributed by atoms with van der Waals surface area (Å²) in [5.41, 5.74) is 2.02. The van der Waals surface area contributed by atoms with E-state index in [0.717, 1.165) is 24.0 Å². The number of phenols is 1. The first kappa shape index (κ1) is 27.7. The van der Waals surface area contributed by atoms with E-state index in [1.165, 1.54) is 11.6 Å². The Kier molecular flexibility index (Phi) is 10.1. The molecule has 0 saturated carbocycles. The predicted molar refractivity (Wildman–Crippen MR) is 135 cm³/mol. The lowest BCUT2D eigenvalue weighted by Gasteiger charge is -2.25. The van der Waals surface area contributed by atoms with Gasteiger partial charge in [0.25, 0.3) is 0 Å². The number of rotatable bonds is 10. The summed E-state index contributed by atoms with van der Waals surface area (Å²) in [7, 11) is 0. The number of phenolic OH excluding ortho intramolecular Hbond substituents is 1. The number of hydrogen-bond acceptors (Lipinski definition) is 5. The first-order chi connectivity index (χ1) is 16.4. The maximum atomic E-state index is 13.0. The van der Waals surface area contributed by atoms with Crippen LogP contribution in [-0.4, -0.2) is 47.2 Å². The van der Waals surface area contributed by atoms with Crippen LogP contribution in [0, 0.1) is 6.92 Å². The van der Waals surface area contributed by atoms with Crippen molar-refractivity contribution in [1.82, 2.24) is 16.0 Å². The van der Waals surface area contributed by atoms with Crippen molar-refractivity contribution in [1.29, 1.82) is 0 Å². The molecule has 0 fully saturated rings. The van der Waals surface area contributed by atoms with Crippen molar-refractivity contribution in [2.75, 3.05) is 6.54 Å². The van der Waals surface area contributed by atoms with Gasteiger partial charge in [0.15, 0.2) is 0 Å². The van der Waals surface area contributed by atoms with E-state index in [1.54, 1.807) is 39.8 Å². The third-order valence-electron chi connectivity index (χ3n) is 5.29. The van der Waals surface area contributed by atoms with Gasteiger partial charge in [0.2, 0.25) is 11.8 Å². The van der Waals surface area contributed by atoms with Gasteiger partial charge in [-0.15, -0.1) is 0 Å². The quantitative estimate of drug-likeness (QED) is 0.387. The van der Waals surface area contributed by atoms with Crippen molar-refractivity contribution in [3.63, 3.8) is 0 Å². The minimum Gasteiger partial charge on any atom is -0.508 e. The van der Waals surface area contributed by atoms with Gasteiger partial charge >= 0.3 is 6.09 Å². The monoisotopic (exact) mass is 483 g/mol. The van der Waals surface area contributed by atoms with Gasteiger partial charge < -0.3 is 25.8 Å². The lowest BCUT2D eigenvalue weighted by molar-refractivity contribution is -0.129. The van der Waals surface area contributed by atoms with Crippen molar-refractivity contribution in [2.24, 2.45) is 0 Å². The maximum absolute atomic E-state index is 13.0. The Morgan fingerprint density at radius 2 is 1.69 bits per heavy atom. The van der Waals surface area contributed by atoms with Crippen molar-refractivity contribution >= 4 is 17.9 Å². The molecule has 35 heavy (non-hydrogen) atoms. The molecule has 0 spiro atoms. The minimum absolute atomic E-state index is 0.116. The number of amides is 3. The van der Waals surface area contributed by atoms with Crippen LogP contribution < -0.4 is 16.0 Å². The average Bonchev–Trinajstić information content (AvgIpc) is 2.77. The zero-order chi connectivity index (χ0) is 26.0. The van der Waals surface area contributed by atoms with E-state index >= 15 is 0 Å². The Labute approximate surface area is 207 Å². The predicted octanol–water partition coefficient (Wildman–Crippen LogP) is 3.39. The SMILES string of the molecule is Cc1cc(O)ccc1CC(NC(=O)OC(C)(C)C)C(=O)N[C@H](C)C(=O)NCCCc1ccccc1. The fourth-order valence-corrected chi connectivity index (χ4v) is 3.47. The first-order valence-corrected chi connectivity index (χ1v) is 11.8. The lowest BCUT2D eigenvalue weighted by Crippen LogP contribution is -2.54. The van der Waals surface area contributed by atoms with Gasteiger partial charge in [-0.2, -0.15) is 0 Å². The zero-order valence-electron chi connectivity index (χ0n) is 21.2. The molecule has 8 heteroatoms. The number of carbonyl (C=O) groups is 3. The molecule has 0 radical (unpaired) electrons. The number of aryl methyl sites for hydroxylation is 2. The zero-order valence-corrected chi connectivity index (χ0v) is 21.2. The summed E-state index contributed by atoms with van der Waals surface area (Å²) in [6.07, 6.45) is 1.06. The standard InChI is InChI=1S/C27H37N3O5/c1-18-16-22(31)14-13-21(18)17-23(30-26(34)35-27(3,4)5)25(33)29-19(2)24(32)28-15-9-12-20-10-7-6-8-11-20/h6-8,10-11,13-14,16,19,23,31H,9,12,15,17H2,1-5H3,(H,28,32)(H,29,33)(H,30,34)/t19-,23?/m1/s1. The Hall–Kier alpha value is -3.55. The summed E-state index contributed by atoms with van der Waals surface area (Å²) in [5.74, 6) is -0.691. The van der Waals surface area contributed by atoms with Crippen LogP contribution in [0.5, 0.6) is 5.75 Å². The highest BCUT2D eigenvalue weighted by molar-refractivity contribution is 5.91. The smallest absolute Gasteiger partial charge is 0.408 e. The maximum Gasteiger partial charge on any atom is 0.408 e. The van der Waals surface area contributed by atoms with E-state index in [0.29, 0.717) is 6.54 Å². The molecule has 2 aromatic carbocycles. The summed E-state index contributed by atoms with van der Waals surface area (Å²) in [5, 5.41) is 17.8. The van der Waals surface area contributed by atoms with E-state index in [-0.39, 0.29) is 18.1 Å². The molecule has 0 aromatic heterocycles. The van der Waals surface area contributed by atoms with E-state index < -0.39 is 29.7 Å². The summed E-state index contributed by atoms with van der Waals surface area (Å²) in [4.78, 5) is 37.9. The second kappa shape index (κ2) is 12.8. The second-order valence-corrected chi connectivity index (χ2v) is 9.62. The van der Waals surface area contributed by atoms with Crippen LogP contribution in [0.2, 0.25) is 0 Å². The number of aromatic hydroxyl groups is 1. The molecule has 8 nitrogen and oxygen atoms in total. The molecule has 190 valence electrons. The van der Waals surface area contributed by atoms with E-state index in [2.05, 4.69) is 16.0 Å². The van der Waals surface area contributed by atoms with Crippen LogP contribution in [0.25, 0.3) is 0 Å². The lowest BCUT2D eigenvalue weighted by atomic mass is 10.00. The summed E-state index contributed by atoms with van der Waals surface area (Å²) in [6, 6.07) is 13.0. The number of benzene rings is 2. The third-order valence-corrected chi connectivity index (χ3v) is 5.29. The van der Waals surface area contributed by atoms with Crippen LogP contribution in [-0.2, 0) is 27.2 Å².